The summed E-state index contributed by atoms with van der Waals surface area (Å²) < 4.78 is 5.21. The van der Waals surface area contributed by atoms with Crippen molar-refractivity contribution in [2.24, 2.45) is 0 Å². The van der Waals surface area contributed by atoms with Gasteiger partial charge in [-0.1, -0.05) is 19.1 Å². The second-order valence-corrected chi connectivity index (χ2v) is 3.32. The number of benzene rings is 1. The standard InChI is InChI=1S/C11H17NO2/c1-4-9-5-6-11(14-3)10(7-9)8-12(2)13/h5-7,13H,4,8H2,1-3H3. The quantitative estimate of drug-likeness (QED) is 0.747. The van der Waals surface area contributed by atoms with Crippen molar-refractivity contribution >= 4 is 0 Å². The Bertz CT molecular complexity index is 297. The molecule has 0 radical (unpaired) electrons. The first kappa shape index (κ1) is 11.0. The lowest BCUT2D eigenvalue weighted by molar-refractivity contribution is -0.0735. The predicted molar refractivity (Wildman–Crippen MR) is 55.6 cm³/mol. The van der Waals surface area contributed by atoms with Crippen LogP contribution in [0.5, 0.6) is 5.75 Å². The van der Waals surface area contributed by atoms with Gasteiger partial charge in [0, 0.05) is 12.6 Å². The Labute approximate surface area is 84.9 Å². The van der Waals surface area contributed by atoms with E-state index in [9.17, 15) is 0 Å². The van der Waals surface area contributed by atoms with Crippen LogP contribution in [0.2, 0.25) is 0 Å². The topological polar surface area (TPSA) is 32.7 Å². The zero-order chi connectivity index (χ0) is 10.6. The molecule has 14 heavy (non-hydrogen) atoms. The van der Waals surface area contributed by atoms with Crippen molar-refractivity contribution in [1.82, 2.24) is 5.06 Å². The molecule has 0 fully saturated rings. The summed E-state index contributed by atoms with van der Waals surface area (Å²) in [6, 6.07) is 6.04. The van der Waals surface area contributed by atoms with E-state index in [1.54, 1.807) is 14.2 Å². The lowest BCUT2D eigenvalue weighted by Gasteiger charge is -2.13. The Morgan fingerprint density at radius 3 is 2.64 bits per heavy atom. The fraction of sp³-hybridized carbons (Fsp3) is 0.455. The smallest absolute Gasteiger partial charge is 0.123 e. The minimum Gasteiger partial charge on any atom is -0.496 e. The number of rotatable bonds is 4. The number of hydrogen-bond acceptors (Lipinski definition) is 3. The summed E-state index contributed by atoms with van der Waals surface area (Å²) in [4.78, 5) is 0. The van der Waals surface area contributed by atoms with Gasteiger partial charge in [0.15, 0.2) is 0 Å². The number of aryl methyl sites for hydroxylation is 1. The molecule has 78 valence electrons. The summed E-state index contributed by atoms with van der Waals surface area (Å²) in [6.07, 6.45) is 0.992. The van der Waals surface area contributed by atoms with E-state index in [0.717, 1.165) is 22.8 Å². The Balaban J connectivity index is 2.96. The predicted octanol–water partition coefficient (Wildman–Crippen LogP) is 2.08. The van der Waals surface area contributed by atoms with Crippen LogP contribution in [0, 0.1) is 0 Å². The van der Waals surface area contributed by atoms with Gasteiger partial charge in [-0.2, -0.15) is 5.06 Å². The molecule has 0 aromatic heterocycles. The van der Waals surface area contributed by atoms with Crippen molar-refractivity contribution < 1.29 is 9.94 Å². The van der Waals surface area contributed by atoms with Crippen molar-refractivity contribution in [3.63, 3.8) is 0 Å². The van der Waals surface area contributed by atoms with Gasteiger partial charge in [-0.25, -0.2) is 0 Å². The lowest BCUT2D eigenvalue weighted by Crippen LogP contribution is -2.12. The fourth-order valence-electron chi connectivity index (χ4n) is 1.42. The molecular formula is C11H17NO2. The first-order valence-corrected chi connectivity index (χ1v) is 4.73. The molecule has 0 saturated heterocycles. The van der Waals surface area contributed by atoms with Crippen LogP contribution in [-0.2, 0) is 13.0 Å². The second-order valence-electron chi connectivity index (χ2n) is 3.32. The molecule has 0 aliphatic rings. The van der Waals surface area contributed by atoms with Crippen LogP contribution in [-0.4, -0.2) is 24.4 Å². The summed E-state index contributed by atoms with van der Waals surface area (Å²) in [5, 5.41) is 10.3. The summed E-state index contributed by atoms with van der Waals surface area (Å²) in [7, 11) is 3.26. The van der Waals surface area contributed by atoms with Gasteiger partial charge in [-0.15, -0.1) is 0 Å². The van der Waals surface area contributed by atoms with Crippen LogP contribution in [0.3, 0.4) is 0 Å². The highest BCUT2D eigenvalue weighted by Crippen LogP contribution is 2.21. The first-order valence-electron chi connectivity index (χ1n) is 4.73. The molecule has 0 bridgehead atoms. The summed E-state index contributed by atoms with van der Waals surface area (Å²) in [6.45, 7) is 2.59. The van der Waals surface area contributed by atoms with E-state index in [1.807, 2.05) is 12.1 Å². The van der Waals surface area contributed by atoms with Crippen molar-refractivity contribution in [2.45, 2.75) is 19.9 Å². The van der Waals surface area contributed by atoms with Crippen LogP contribution < -0.4 is 4.74 Å². The fourth-order valence-corrected chi connectivity index (χ4v) is 1.42. The molecule has 0 heterocycles. The lowest BCUT2D eigenvalue weighted by atomic mass is 10.1. The van der Waals surface area contributed by atoms with E-state index >= 15 is 0 Å². The Hall–Kier alpha value is -1.06. The van der Waals surface area contributed by atoms with E-state index in [1.165, 1.54) is 5.56 Å². The van der Waals surface area contributed by atoms with Gasteiger partial charge in [0.1, 0.15) is 5.75 Å². The van der Waals surface area contributed by atoms with Crippen molar-refractivity contribution in [3.8, 4) is 5.75 Å². The Morgan fingerprint density at radius 2 is 2.14 bits per heavy atom. The highest BCUT2D eigenvalue weighted by Gasteiger charge is 2.05. The average molecular weight is 195 g/mol. The molecule has 0 spiro atoms. The van der Waals surface area contributed by atoms with Gasteiger partial charge in [-0.05, 0) is 18.1 Å². The SMILES string of the molecule is CCc1ccc(OC)c(CN(C)O)c1. The number of hydrogen-bond donors (Lipinski definition) is 1. The van der Waals surface area contributed by atoms with Crippen molar-refractivity contribution in [1.29, 1.82) is 0 Å². The number of methoxy groups -OCH3 is 1. The summed E-state index contributed by atoms with van der Waals surface area (Å²) in [5.74, 6) is 0.822. The molecule has 0 atom stereocenters. The van der Waals surface area contributed by atoms with Gasteiger partial charge >= 0.3 is 0 Å². The highest BCUT2D eigenvalue weighted by molar-refractivity contribution is 5.37. The monoisotopic (exact) mass is 195 g/mol. The van der Waals surface area contributed by atoms with Gasteiger partial charge in [0.05, 0.1) is 13.7 Å². The molecule has 0 aliphatic carbocycles. The largest absolute Gasteiger partial charge is 0.496 e. The number of nitrogens with zero attached hydrogens (tertiary/aromatic N) is 1. The third kappa shape index (κ3) is 2.72. The maximum absolute atomic E-state index is 9.17. The molecule has 0 aliphatic heterocycles. The molecular weight excluding hydrogens is 178 g/mol. The zero-order valence-corrected chi connectivity index (χ0v) is 8.95. The van der Waals surface area contributed by atoms with Gasteiger partial charge in [0.2, 0.25) is 0 Å². The molecule has 1 aromatic rings. The van der Waals surface area contributed by atoms with E-state index in [2.05, 4.69) is 13.0 Å². The van der Waals surface area contributed by atoms with Crippen LogP contribution in [0.25, 0.3) is 0 Å². The maximum Gasteiger partial charge on any atom is 0.123 e. The molecule has 3 heteroatoms. The van der Waals surface area contributed by atoms with Crippen LogP contribution in [0.4, 0.5) is 0 Å². The molecule has 1 N–H and O–H groups in total. The van der Waals surface area contributed by atoms with Crippen LogP contribution in [0.1, 0.15) is 18.1 Å². The summed E-state index contributed by atoms with van der Waals surface area (Å²) in [5.41, 5.74) is 2.26. The molecule has 0 unspecified atom stereocenters. The molecule has 0 amide bonds. The van der Waals surface area contributed by atoms with E-state index < -0.39 is 0 Å². The average Bonchev–Trinajstić information content (AvgIpc) is 2.16. The third-order valence-corrected chi connectivity index (χ3v) is 2.15. The van der Waals surface area contributed by atoms with Crippen LogP contribution >= 0.6 is 0 Å². The Kier molecular flexibility index (Phi) is 3.92. The van der Waals surface area contributed by atoms with Crippen molar-refractivity contribution in [2.75, 3.05) is 14.2 Å². The number of hydroxylamine groups is 2. The molecule has 0 saturated carbocycles. The van der Waals surface area contributed by atoms with Gasteiger partial charge in [0.25, 0.3) is 0 Å². The van der Waals surface area contributed by atoms with Gasteiger partial charge < -0.3 is 9.94 Å². The molecule has 1 aromatic carbocycles. The maximum atomic E-state index is 9.17. The normalized spacial score (nSPS) is 10.6. The Morgan fingerprint density at radius 1 is 1.43 bits per heavy atom. The first-order chi connectivity index (χ1) is 6.67. The number of ether oxygens (including phenoxy) is 1. The van der Waals surface area contributed by atoms with E-state index in [4.69, 9.17) is 9.94 Å². The molecule has 1 rings (SSSR count). The van der Waals surface area contributed by atoms with Crippen LogP contribution in [0.15, 0.2) is 18.2 Å². The highest BCUT2D eigenvalue weighted by atomic mass is 16.5. The summed E-state index contributed by atoms with van der Waals surface area (Å²) >= 11 is 0. The minimum absolute atomic E-state index is 0.483. The second kappa shape index (κ2) is 4.98. The minimum atomic E-state index is 0.483. The van der Waals surface area contributed by atoms with Crippen molar-refractivity contribution in [3.05, 3.63) is 29.3 Å². The van der Waals surface area contributed by atoms with E-state index in [0.29, 0.717) is 6.54 Å². The molecule has 3 nitrogen and oxygen atoms in total. The zero-order valence-electron chi connectivity index (χ0n) is 8.95. The van der Waals surface area contributed by atoms with E-state index in [-0.39, 0.29) is 0 Å². The third-order valence-electron chi connectivity index (χ3n) is 2.15. The van der Waals surface area contributed by atoms with Gasteiger partial charge in [-0.3, -0.25) is 0 Å².